The fraction of sp³-hybridized carbons (Fsp3) is 0.125. The summed E-state index contributed by atoms with van der Waals surface area (Å²) >= 11 is 0. The molecule has 0 aliphatic carbocycles. The first kappa shape index (κ1) is 21.5. The van der Waals surface area contributed by atoms with Gasteiger partial charge in [0, 0.05) is 17.7 Å². The summed E-state index contributed by atoms with van der Waals surface area (Å²) in [5, 5.41) is 10.9. The summed E-state index contributed by atoms with van der Waals surface area (Å²) in [6, 6.07) is 18.6. The van der Waals surface area contributed by atoms with Crippen LogP contribution in [0.1, 0.15) is 27.0 Å². The van der Waals surface area contributed by atoms with Crippen LogP contribution in [0, 0.1) is 17.0 Å². The first-order valence-electron chi connectivity index (χ1n) is 9.93. The van der Waals surface area contributed by atoms with Crippen LogP contribution in [-0.2, 0) is 16.4 Å². The van der Waals surface area contributed by atoms with E-state index in [0.717, 1.165) is 45.3 Å². The number of benzene rings is 3. The Morgan fingerprint density at radius 2 is 1.72 bits per heavy atom. The van der Waals surface area contributed by atoms with E-state index >= 15 is 0 Å². The number of sulfonamides is 1. The van der Waals surface area contributed by atoms with Crippen molar-refractivity contribution in [2.45, 2.75) is 24.3 Å². The third-order valence-electron chi connectivity index (χ3n) is 5.34. The van der Waals surface area contributed by atoms with Gasteiger partial charge in [-0.25, -0.2) is 12.7 Å². The molecule has 1 heterocycles. The van der Waals surface area contributed by atoms with Crippen LogP contribution < -0.4 is 0 Å². The van der Waals surface area contributed by atoms with Gasteiger partial charge in [-0.15, -0.1) is 0 Å². The molecule has 1 aliphatic heterocycles. The fourth-order valence-corrected chi connectivity index (χ4v) is 5.24. The third-order valence-corrected chi connectivity index (χ3v) is 7.16. The quantitative estimate of drug-likeness (QED) is 0.426. The van der Waals surface area contributed by atoms with Gasteiger partial charge in [0.25, 0.3) is 21.6 Å². The molecule has 162 valence electrons. The molecule has 3 aromatic carbocycles. The molecule has 0 saturated heterocycles. The molecule has 1 atom stereocenters. The van der Waals surface area contributed by atoms with Gasteiger partial charge in [-0.3, -0.25) is 14.9 Å². The van der Waals surface area contributed by atoms with Gasteiger partial charge < -0.3 is 0 Å². The number of carbonyl (C=O) groups is 1. The van der Waals surface area contributed by atoms with Crippen LogP contribution in [0.15, 0.2) is 83.8 Å². The monoisotopic (exact) mass is 448 g/mol. The number of amides is 1. The molecule has 1 amide bonds. The maximum atomic E-state index is 13.5. The SMILES string of the molecule is Cc1ccc2c(c1)C(=O)N(S(=O)(=O)c1ccc([N+](=O)[O-])cc1)[C@H](/C=C/c1ccccc1)C2. The van der Waals surface area contributed by atoms with Crippen molar-refractivity contribution in [3.8, 4) is 0 Å². The lowest BCUT2D eigenvalue weighted by molar-refractivity contribution is -0.384. The number of nitrogens with zero attached hydrogens (tertiary/aromatic N) is 2. The molecule has 7 nitrogen and oxygen atoms in total. The van der Waals surface area contributed by atoms with Crippen molar-refractivity contribution in [1.82, 2.24) is 4.31 Å². The van der Waals surface area contributed by atoms with Crippen molar-refractivity contribution >= 4 is 27.7 Å². The van der Waals surface area contributed by atoms with Crippen LogP contribution in [0.4, 0.5) is 5.69 Å². The Morgan fingerprint density at radius 3 is 2.38 bits per heavy atom. The Balaban J connectivity index is 1.79. The average Bonchev–Trinajstić information content (AvgIpc) is 2.78. The highest BCUT2D eigenvalue weighted by Crippen LogP contribution is 2.31. The van der Waals surface area contributed by atoms with Crippen LogP contribution in [0.25, 0.3) is 6.08 Å². The minimum atomic E-state index is -4.25. The van der Waals surface area contributed by atoms with Crippen molar-refractivity contribution < 1.29 is 18.1 Å². The van der Waals surface area contributed by atoms with E-state index in [1.807, 2.05) is 49.4 Å². The van der Waals surface area contributed by atoms with Crippen LogP contribution in [0.5, 0.6) is 0 Å². The van der Waals surface area contributed by atoms with E-state index in [0.29, 0.717) is 12.0 Å². The average molecular weight is 449 g/mol. The van der Waals surface area contributed by atoms with Gasteiger partial charge in [0.1, 0.15) is 0 Å². The Hall–Kier alpha value is -3.78. The second-order valence-corrected chi connectivity index (χ2v) is 9.37. The van der Waals surface area contributed by atoms with Crippen molar-refractivity contribution in [1.29, 1.82) is 0 Å². The number of non-ortho nitro benzene ring substituents is 1. The van der Waals surface area contributed by atoms with Crippen molar-refractivity contribution in [3.05, 3.63) is 111 Å². The summed E-state index contributed by atoms with van der Waals surface area (Å²) in [5.41, 5.74) is 2.62. The van der Waals surface area contributed by atoms with Crippen LogP contribution in [-0.4, -0.2) is 29.6 Å². The molecule has 0 N–H and O–H groups in total. The predicted octanol–water partition coefficient (Wildman–Crippen LogP) is 4.37. The summed E-state index contributed by atoms with van der Waals surface area (Å²) in [4.78, 5) is 23.6. The molecule has 0 radical (unpaired) electrons. The summed E-state index contributed by atoms with van der Waals surface area (Å²) in [6.45, 7) is 1.84. The standard InChI is InChI=1S/C24H20N2O5S/c1-17-7-9-19-16-21(10-8-18-5-3-2-4-6-18)25(24(27)23(19)15-17)32(30,31)22-13-11-20(12-14-22)26(28)29/h2-15,21H,16H2,1H3/b10-8+/t21-/m1/s1. The van der Waals surface area contributed by atoms with Gasteiger partial charge in [-0.05, 0) is 42.7 Å². The Kier molecular flexibility index (Phi) is 5.63. The Bertz CT molecular complexity index is 1320. The zero-order valence-corrected chi connectivity index (χ0v) is 18.0. The number of nitro groups is 1. The van der Waals surface area contributed by atoms with Gasteiger partial charge in [0.2, 0.25) is 0 Å². The summed E-state index contributed by atoms with van der Waals surface area (Å²) < 4.78 is 27.9. The van der Waals surface area contributed by atoms with Crippen molar-refractivity contribution in [3.63, 3.8) is 0 Å². The zero-order chi connectivity index (χ0) is 22.9. The smallest absolute Gasteiger partial charge is 0.268 e. The number of carbonyl (C=O) groups excluding carboxylic acids is 1. The van der Waals surface area contributed by atoms with E-state index in [9.17, 15) is 23.3 Å². The predicted molar refractivity (Wildman–Crippen MR) is 121 cm³/mol. The van der Waals surface area contributed by atoms with E-state index in [-0.39, 0.29) is 10.6 Å². The van der Waals surface area contributed by atoms with E-state index in [1.54, 1.807) is 18.2 Å². The molecule has 0 unspecified atom stereocenters. The molecule has 0 spiro atoms. The van der Waals surface area contributed by atoms with Crippen LogP contribution in [0.2, 0.25) is 0 Å². The number of fused-ring (bicyclic) bond motifs is 1. The molecule has 1 aliphatic rings. The summed E-state index contributed by atoms with van der Waals surface area (Å²) in [7, 11) is -4.25. The van der Waals surface area contributed by atoms with E-state index in [4.69, 9.17) is 0 Å². The largest absolute Gasteiger partial charge is 0.269 e. The van der Waals surface area contributed by atoms with Gasteiger partial charge in [-0.1, -0.05) is 60.2 Å². The molecular formula is C24H20N2O5S. The molecular weight excluding hydrogens is 428 g/mol. The van der Waals surface area contributed by atoms with Crippen LogP contribution in [0.3, 0.4) is 0 Å². The molecule has 8 heteroatoms. The summed E-state index contributed by atoms with van der Waals surface area (Å²) in [6.07, 6.45) is 3.82. The number of hydrogen-bond donors (Lipinski definition) is 0. The van der Waals surface area contributed by atoms with Gasteiger partial charge in [-0.2, -0.15) is 0 Å². The highest BCUT2D eigenvalue weighted by Gasteiger charge is 2.40. The van der Waals surface area contributed by atoms with Gasteiger partial charge in [0.15, 0.2) is 0 Å². The maximum Gasteiger partial charge on any atom is 0.269 e. The molecule has 0 bridgehead atoms. The number of hydrogen-bond acceptors (Lipinski definition) is 5. The van der Waals surface area contributed by atoms with Gasteiger partial charge in [0.05, 0.1) is 15.9 Å². The van der Waals surface area contributed by atoms with Gasteiger partial charge >= 0.3 is 0 Å². The Morgan fingerprint density at radius 1 is 1.03 bits per heavy atom. The molecule has 32 heavy (non-hydrogen) atoms. The topological polar surface area (TPSA) is 97.6 Å². The molecule has 3 aromatic rings. The van der Waals surface area contributed by atoms with Crippen LogP contribution >= 0.6 is 0 Å². The second-order valence-electron chi connectivity index (χ2n) is 7.56. The first-order valence-corrected chi connectivity index (χ1v) is 11.4. The molecule has 0 aromatic heterocycles. The normalized spacial score (nSPS) is 16.2. The van der Waals surface area contributed by atoms with E-state index in [2.05, 4.69) is 0 Å². The first-order chi connectivity index (χ1) is 15.3. The number of nitro benzene ring substituents is 1. The zero-order valence-electron chi connectivity index (χ0n) is 17.2. The fourth-order valence-electron chi connectivity index (χ4n) is 3.72. The lowest BCUT2D eigenvalue weighted by Crippen LogP contribution is -2.48. The lowest BCUT2D eigenvalue weighted by Gasteiger charge is -2.34. The number of rotatable bonds is 5. The molecule has 4 rings (SSSR count). The highest BCUT2D eigenvalue weighted by atomic mass is 32.2. The minimum Gasteiger partial charge on any atom is -0.268 e. The second kappa shape index (κ2) is 8.39. The lowest BCUT2D eigenvalue weighted by atomic mass is 9.93. The summed E-state index contributed by atoms with van der Waals surface area (Å²) in [5.74, 6) is -0.615. The van der Waals surface area contributed by atoms with E-state index < -0.39 is 26.9 Å². The van der Waals surface area contributed by atoms with Crippen molar-refractivity contribution in [2.24, 2.45) is 0 Å². The van der Waals surface area contributed by atoms with E-state index in [1.165, 1.54) is 0 Å². The van der Waals surface area contributed by atoms with Crippen molar-refractivity contribution in [2.75, 3.05) is 0 Å². The highest BCUT2D eigenvalue weighted by molar-refractivity contribution is 7.89. The Labute approximate surface area is 185 Å². The third kappa shape index (κ3) is 4.04. The maximum absolute atomic E-state index is 13.5. The number of aryl methyl sites for hydroxylation is 1. The molecule has 0 saturated carbocycles. The minimum absolute atomic E-state index is 0.175. The molecule has 0 fully saturated rings.